The van der Waals surface area contributed by atoms with E-state index in [4.69, 9.17) is 61.0 Å². The summed E-state index contributed by atoms with van der Waals surface area (Å²) < 4.78 is 287. The average Bonchev–Trinajstić information content (AvgIpc) is 0.691. The Kier molecular flexibility index (Phi) is 14.5. The van der Waals surface area contributed by atoms with Gasteiger partial charge in [-0.25, -0.2) is 4.57 Å². The predicted octanol–water partition coefficient (Wildman–Crippen LogP) is 8.44. The van der Waals surface area contributed by atoms with Gasteiger partial charge in [0.25, 0.3) is 0 Å². The average molecular weight is 885 g/mol. The quantitative estimate of drug-likeness (QED) is 0.0134. The molecule has 0 aliphatic heterocycles. The normalized spacial score (nSPS) is 33.9. The third kappa shape index (κ3) is 28.1. The number of esters is 2. The molecule has 0 spiro atoms. The van der Waals surface area contributed by atoms with E-state index in [9.17, 15) is 44.6 Å². The third-order valence-electron chi connectivity index (χ3n) is 8.01. The highest BCUT2D eigenvalue weighted by atomic mass is 31.2. The molecule has 344 valence electrons. The van der Waals surface area contributed by atoms with Crippen molar-refractivity contribution < 1.29 is 106 Å². The molecule has 1 aliphatic carbocycles. The summed E-state index contributed by atoms with van der Waals surface area (Å²) in [5, 5.41) is 50.5. The van der Waals surface area contributed by atoms with Crippen LogP contribution in [0.15, 0.2) is 12.2 Å². The van der Waals surface area contributed by atoms with Gasteiger partial charge in [-0.1, -0.05) is 154 Å². The van der Waals surface area contributed by atoms with E-state index in [2.05, 4.69) is 19.1 Å². The number of carbonyl (C=O) groups is 2. The van der Waals surface area contributed by atoms with E-state index in [1.54, 1.807) is 0 Å². The van der Waals surface area contributed by atoms with Crippen molar-refractivity contribution in [2.45, 2.75) is 236 Å². The highest BCUT2D eigenvalue weighted by Crippen LogP contribution is 2.47. The molecule has 0 aromatic carbocycles. The van der Waals surface area contributed by atoms with Crippen LogP contribution in [0.2, 0.25) is 0 Å². The summed E-state index contributed by atoms with van der Waals surface area (Å²) in [6.45, 7) is -5.08. The van der Waals surface area contributed by atoms with Gasteiger partial charge in [0.15, 0.2) is 6.10 Å². The molecule has 15 heteroatoms. The van der Waals surface area contributed by atoms with Gasteiger partial charge in [-0.05, 0) is 38.5 Å². The molecule has 0 aromatic heterocycles. The van der Waals surface area contributed by atoms with Crippen LogP contribution in [0.25, 0.3) is 0 Å². The van der Waals surface area contributed by atoms with Crippen molar-refractivity contribution in [3.05, 3.63) is 12.2 Å². The van der Waals surface area contributed by atoms with Gasteiger partial charge in [0.1, 0.15) is 43.2 Å². The predicted molar refractivity (Wildman–Crippen MR) is 226 cm³/mol. The molecule has 0 bridgehead atoms. The molecule has 9 N–H and O–H groups in total. The second-order valence-corrected chi connectivity index (χ2v) is 14.0. The molecule has 0 saturated heterocycles. The lowest BCUT2D eigenvalue weighted by atomic mass is 9.85. The largest absolute Gasteiger partial charge is 0.472 e. The number of hydrogen-bond acceptors (Lipinski definition) is 13. The number of phosphoric acid groups is 1. The Balaban J connectivity index is 0.0000774. The molecular weight excluding hydrogens is 769 g/mol. The summed E-state index contributed by atoms with van der Waals surface area (Å²) in [4.78, 5) is 37.1. The van der Waals surface area contributed by atoms with Gasteiger partial charge in [0, 0.05) is 55.3 Å². The molecule has 1 aliphatic rings. The molecule has 6 unspecified atom stereocenters. The molecule has 0 radical (unpaired) electrons. The van der Waals surface area contributed by atoms with E-state index < -0.39 is 178 Å². The highest BCUT2D eigenvalue weighted by molar-refractivity contribution is 7.47. The number of hydrogen-bond donors (Lipinski definition) is 7. The lowest BCUT2D eigenvalue weighted by Crippen LogP contribution is -2.64. The van der Waals surface area contributed by atoms with Gasteiger partial charge in [0.05, 0.1) is 6.61 Å². The van der Waals surface area contributed by atoms with Crippen LogP contribution in [0.3, 0.4) is 0 Å². The molecule has 58 heavy (non-hydrogen) atoms. The second-order valence-electron chi connectivity index (χ2n) is 12.6. The van der Waals surface area contributed by atoms with Crippen molar-refractivity contribution in [2.24, 2.45) is 0 Å². The van der Waals surface area contributed by atoms with Crippen LogP contribution < -0.4 is 6.15 Å². The Bertz CT molecular complexity index is 2350. The smallest absolute Gasteiger partial charge is 0.462 e. The van der Waals surface area contributed by atoms with Gasteiger partial charge in [-0.3, -0.25) is 18.6 Å². The third-order valence-corrected chi connectivity index (χ3v) is 8.99. The van der Waals surface area contributed by atoms with Crippen LogP contribution in [0, 0.1) is 0 Å². The molecule has 1 rings (SSSR count). The van der Waals surface area contributed by atoms with Crippen LogP contribution >= 0.6 is 7.82 Å². The van der Waals surface area contributed by atoms with E-state index in [1.807, 2.05) is 0 Å². The first-order valence-corrected chi connectivity index (χ1v) is 20.2. The van der Waals surface area contributed by atoms with Crippen molar-refractivity contribution >= 4 is 19.8 Å². The van der Waals surface area contributed by atoms with Crippen LogP contribution in [0.4, 0.5) is 0 Å². The zero-order chi connectivity index (χ0) is 69.8. The zero-order valence-corrected chi connectivity index (χ0v) is 33.6. The van der Waals surface area contributed by atoms with Gasteiger partial charge < -0.3 is 46.1 Å². The Labute approximate surface area is 393 Å². The molecule has 8 atom stereocenters. The van der Waals surface area contributed by atoms with E-state index in [0.29, 0.717) is 12.8 Å². The van der Waals surface area contributed by atoms with Crippen molar-refractivity contribution in [1.82, 2.24) is 6.15 Å². The molecule has 1 saturated carbocycles. The number of ether oxygens (including phenoxy) is 2. The minimum atomic E-state index is -5.72. The maximum Gasteiger partial charge on any atom is 0.472 e. The Morgan fingerprint density at radius 2 is 1.12 bits per heavy atom. The van der Waals surface area contributed by atoms with E-state index in [1.165, 1.54) is 19.3 Å². The van der Waals surface area contributed by atoms with Crippen LogP contribution in [0.5, 0.6) is 0 Å². The molecule has 14 nitrogen and oxygen atoms in total. The van der Waals surface area contributed by atoms with Crippen LogP contribution in [-0.4, -0.2) is 98.3 Å². The number of phosphoric ester groups is 1. The van der Waals surface area contributed by atoms with Gasteiger partial charge in [-0.15, -0.1) is 0 Å². The van der Waals surface area contributed by atoms with Gasteiger partial charge in [-0.2, -0.15) is 0 Å². The Morgan fingerprint density at radius 1 is 0.655 bits per heavy atom. The number of allylic oxidation sites excluding steroid dienone is 2. The van der Waals surface area contributed by atoms with Crippen molar-refractivity contribution in [3.63, 3.8) is 0 Å². The zero-order valence-electron chi connectivity index (χ0n) is 63.7. The van der Waals surface area contributed by atoms with E-state index >= 15 is 0 Å². The molecule has 0 aromatic rings. The first-order valence-electron chi connectivity index (χ1n) is 34.2. The summed E-state index contributed by atoms with van der Waals surface area (Å²) in [6, 6.07) is 0. The van der Waals surface area contributed by atoms with Gasteiger partial charge >= 0.3 is 19.8 Å². The lowest BCUT2D eigenvalue weighted by molar-refractivity contribution is -0.220. The molecular formula is C43H84NO13P. The summed E-state index contributed by atoms with van der Waals surface area (Å²) in [6.07, 6.45) is -71.7. The maximum atomic E-state index is 13.5. The molecule has 0 amide bonds. The number of aliphatic hydroxyl groups excluding tert-OH is 5. The Morgan fingerprint density at radius 3 is 1.66 bits per heavy atom. The summed E-state index contributed by atoms with van der Waals surface area (Å²) in [7, 11) is -5.72. The molecule has 0 heterocycles. The summed E-state index contributed by atoms with van der Waals surface area (Å²) >= 11 is 0. The monoisotopic (exact) mass is 885 g/mol. The van der Waals surface area contributed by atoms with Crippen LogP contribution in [0.1, 0.15) is 235 Å². The fourth-order valence-corrected chi connectivity index (χ4v) is 5.99. The number of aliphatic hydroxyl groups is 5. The number of unbranched alkanes of at least 4 members (excludes halogenated alkanes) is 11. The first kappa shape index (κ1) is 23.3. The fourth-order valence-electron chi connectivity index (χ4n) is 5.01. The highest BCUT2D eigenvalue weighted by Gasteiger charge is 2.51. The maximum absolute atomic E-state index is 13.5. The second kappa shape index (κ2) is 36.2. The standard InChI is InChI=1S/C43H81O13P.H3N/c1-3-5-7-9-11-13-15-17-18-20-22-24-26-28-30-32-37(45)55-35(34-54-57(51,52)56-43-41(49)39(47)38(46)40(48)42(43)50)33-53-36(44)31-29-27-25-23-21-19-16-14-12-10-8-6-4-2;/h17-18,35,38-43,46-50H,3-16,19-34H2,1-2H3,(H,51,52);1H3/b18-17-;/t35-,38?,39-,40?,41?,42?,43?;/m1./s1/i2D3,4D2,6D2,8D2,10D2,12D2,14D2,16D2,19D2,21D2,23D2,25D2,27D2,29D2,31D2;. The van der Waals surface area contributed by atoms with Crippen molar-refractivity contribution in [1.29, 1.82) is 0 Å². The van der Waals surface area contributed by atoms with Crippen LogP contribution in [-0.2, 0) is 32.7 Å². The lowest BCUT2D eigenvalue weighted by Gasteiger charge is -2.41. The number of carbonyl (C=O) groups excluding carboxylic acids is 2. The van der Waals surface area contributed by atoms with Crippen molar-refractivity contribution in [2.75, 3.05) is 13.2 Å². The molecule has 1 fully saturated rings. The summed E-state index contributed by atoms with van der Waals surface area (Å²) in [5.41, 5.74) is 0. The topological polar surface area (TPSA) is 245 Å². The fraction of sp³-hybridized carbons (Fsp3) is 0.907. The number of rotatable bonds is 37. The minimum Gasteiger partial charge on any atom is -0.462 e. The summed E-state index contributed by atoms with van der Waals surface area (Å²) in [5.74, 6) is -3.79. The van der Waals surface area contributed by atoms with E-state index in [0.717, 1.165) is 44.9 Å². The van der Waals surface area contributed by atoms with E-state index in [-0.39, 0.29) is 12.6 Å². The Hall–Kier alpha value is -1.45. The van der Waals surface area contributed by atoms with Crippen molar-refractivity contribution in [3.8, 4) is 0 Å². The SMILES string of the molecule is N.[2H]C([2H])([2H])C([2H])([2H])C([2H])([2H])C([2H])([2H])C([2H])([2H])C([2H])([2H])C([2H])([2H])C([2H])([2H])C([2H])([2H])C([2H])([2H])C([2H])([2H])C([2H])([2H])C([2H])([2H])C([2H])([2H])C([2H])([2H])C(=O)OC[C@H](COP(=O)(O)OC1C(O)C(O)C(O)[C@@H](O)C1O)OC(=O)CCCCCCC/C=C\CCCCCCCC. The van der Waals surface area contributed by atoms with Gasteiger partial charge in [0.2, 0.25) is 0 Å². The first-order chi connectivity index (χ1) is 39.1. The minimum absolute atomic E-state index is 0.